The monoisotopic (exact) mass is 441 g/mol. The number of nitrogens with one attached hydrogen (secondary N) is 1. The number of non-ortho nitro benzene ring substituents is 1. The van der Waals surface area contributed by atoms with E-state index in [0.717, 1.165) is 19.3 Å². The van der Waals surface area contributed by atoms with Crippen LogP contribution >= 0.6 is 0 Å². The summed E-state index contributed by atoms with van der Waals surface area (Å²) >= 11 is 0. The summed E-state index contributed by atoms with van der Waals surface area (Å²) < 4.78 is 6.82. The number of aromatic nitrogens is 2. The fourth-order valence-corrected chi connectivity index (χ4v) is 6.33. The Kier molecular flexibility index (Phi) is 4.64. The van der Waals surface area contributed by atoms with Crippen LogP contribution in [0.2, 0.25) is 0 Å². The molecule has 1 N–H and O–H groups in total. The van der Waals surface area contributed by atoms with Crippen molar-refractivity contribution in [3.05, 3.63) is 50.3 Å². The topological polar surface area (TPSA) is 142 Å². The van der Waals surface area contributed by atoms with E-state index in [4.69, 9.17) is 4.74 Å². The fraction of sp³-hybridized carbons (Fsp3) is 0.524. The summed E-state index contributed by atoms with van der Waals surface area (Å²) in [7, 11) is 1.32. The van der Waals surface area contributed by atoms with Gasteiger partial charge in [0.15, 0.2) is 0 Å². The van der Waals surface area contributed by atoms with E-state index in [1.54, 1.807) is 4.68 Å². The van der Waals surface area contributed by atoms with E-state index in [1.807, 2.05) is 0 Å². The van der Waals surface area contributed by atoms with Gasteiger partial charge < -0.3 is 10.1 Å². The average molecular weight is 441 g/mol. The summed E-state index contributed by atoms with van der Waals surface area (Å²) in [5, 5.41) is 29.7. The van der Waals surface area contributed by atoms with Crippen molar-refractivity contribution in [3.8, 4) is 5.75 Å². The maximum absolute atomic E-state index is 13.0. The van der Waals surface area contributed by atoms with Crippen molar-refractivity contribution in [3.63, 3.8) is 0 Å². The first-order valence-electron chi connectivity index (χ1n) is 10.7. The summed E-state index contributed by atoms with van der Waals surface area (Å²) in [4.78, 5) is 34.5. The Bertz CT molecular complexity index is 1090. The van der Waals surface area contributed by atoms with E-state index in [1.165, 1.54) is 50.8 Å². The predicted molar refractivity (Wildman–Crippen MR) is 113 cm³/mol. The van der Waals surface area contributed by atoms with Crippen LogP contribution in [0.15, 0.2) is 24.4 Å². The Labute approximate surface area is 183 Å². The van der Waals surface area contributed by atoms with Crippen molar-refractivity contribution in [2.75, 3.05) is 12.4 Å². The molecule has 1 amide bonds. The highest BCUT2D eigenvalue weighted by Crippen LogP contribution is 2.58. The summed E-state index contributed by atoms with van der Waals surface area (Å²) in [5.41, 5.74) is -0.910. The number of carbonyl (C=O) groups is 1. The second-order valence-electron chi connectivity index (χ2n) is 9.30. The number of nitro benzene ring substituents is 1. The van der Waals surface area contributed by atoms with Crippen LogP contribution in [0.25, 0.3) is 0 Å². The molecule has 6 rings (SSSR count). The van der Waals surface area contributed by atoms with Gasteiger partial charge >= 0.3 is 5.69 Å². The molecule has 0 unspecified atom stereocenters. The average Bonchev–Trinajstić information content (AvgIpc) is 3.20. The summed E-state index contributed by atoms with van der Waals surface area (Å²) in [6.07, 6.45) is 7.87. The van der Waals surface area contributed by atoms with Gasteiger partial charge in [0.05, 0.1) is 34.2 Å². The molecule has 4 saturated carbocycles. The molecule has 1 aromatic heterocycles. The minimum atomic E-state index is -0.757. The number of hydrogen-bond donors (Lipinski definition) is 1. The number of amides is 1. The second-order valence-corrected chi connectivity index (χ2v) is 9.30. The first-order valence-corrected chi connectivity index (χ1v) is 10.7. The minimum absolute atomic E-state index is 0.0794. The Balaban J connectivity index is 1.47. The normalized spacial score (nSPS) is 27.8. The number of carbonyl (C=O) groups excluding carboxylic acids is 1. The van der Waals surface area contributed by atoms with Crippen LogP contribution in [0, 0.1) is 38.0 Å². The third-order valence-electron chi connectivity index (χ3n) is 7.24. The van der Waals surface area contributed by atoms with Gasteiger partial charge in [0.25, 0.3) is 11.6 Å². The first kappa shape index (κ1) is 20.4. The van der Waals surface area contributed by atoms with Crippen LogP contribution < -0.4 is 10.1 Å². The van der Waals surface area contributed by atoms with Crippen LogP contribution in [0.4, 0.5) is 17.1 Å². The molecule has 2 aromatic rings. The maximum atomic E-state index is 13.0. The molecule has 1 aromatic carbocycles. The second kappa shape index (κ2) is 7.28. The lowest BCUT2D eigenvalue weighted by molar-refractivity contribution is -0.385. The molecular weight excluding hydrogens is 418 g/mol. The van der Waals surface area contributed by atoms with Crippen molar-refractivity contribution in [2.45, 2.75) is 44.1 Å². The van der Waals surface area contributed by atoms with Crippen molar-refractivity contribution in [1.82, 2.24) is 9.78 Å². The molecule has 0 saturated heterocycles. The Morgan fingerprint density at radius 3 is 2.28 bits per heavy atom. The number of anilines is 1. The highest BCUT2D eigenvalue weighted by Gasteiger charge is 2.53. The summed E-state index contributed by atoms with van der Waals surface area (Å²) in [5.74, 6) is 1.17. The lowest BCUT2D eigenvalue weighted by Gasteiger charge is -2.56. The number of methoxy groups -OCH3 is 1. The number of rotatable bonds is 6. The Hall–Kier alpha value is -3.50. The molecular formula is C21H23N5O6. The molecule has 32 heavy (non-hydrogen) atoms. The molecule has 11 nitrogen and oxygen atoms in total. The van der Waals surface area contributed by atoms with Gasteiger partial charge in [0.2, 0.25) is 5.69 Å². The van der Waals surface area contributed by atoms with E-state index in [2.05, 4.69) is 10.4 Å². The number of hydrogen-bond acceptors (Lipinski definition) is 7. The zero-order valence-electron chi connectivity index (χ0n) is 17.5. The molecule has 4 aliphatic rings. The van der Waals surface area contributed by atoms with E-state index in [-0.39, 0.29) is 34.0 Å². The third kappa shape index (κ3) is 3.28. The fourth-order valence-electron chi connectivity index (χ4n) is 6.33. The Morgan fingerprint density at radius 1 is 1.12 bits per heavy atom. The van der Waals surface area contributed by atoms with Crippen molar-refractivity contribution < 1.29 is 19.4 Å². The first-order chi connectivity index (χ1) is 15.3. The molecule has 4 fully saturated rings. The molecule has 4 bridgehead atoms. The van der Waals surface area contributed by atoms with E-state index in [9.17, 15) is 25.0 Å². The van der Waals surface area contributed by atoms with Crippen LogP contribution in [-0.4, -0.2) is 32.6 Å². The molecule has 0 atom stereocenters. The van der Waals surface area contributed by atoms with Gasteiger partial charge in [0.1, 0.15) is 11.9 Å². The number of benzene rings is 1. The SMILES string of the molecule is COc1cc([N+](=O)[O-])ccc1NC(=O)c1nn(C23CC4CC(CC(C4)C2)C3)cc1[N+](=O)[O-]. The van der Waals surface area contributed by atoms with Gasteiger partial charge in [-0.1, -0.05) is 0 Å². The maximum Gasteiger partial charge on any atom is 0.320 e. The molecule has 11 heteroatoms. The molecule has 0 aliphatic heterocycles. The van der Waals surface area contributed by atoms with E-state index >= 15 is 0 Å². The summed E-state index contributed by atoms with van der Waals surface area (Å²) in [6.45, 7) is 0. The lowest BCUT2D eigenvalue weighted by atomic mass is 9.53. The largest absolute Gasteiger partial charge is 0.494 e. The van der Waals surface area contributed by atoms with Gasteiger partial charge in [-0.05, 0) is 62.3 Å². The zero-order chi connectivity index (χ0) is 22.6. The van der Waals surface area contributed by atoms with Gasteiger partial charge in [-0.15, -0.1) is 0 Å². The van der Waals surface area contributed by atoms with Crippen molar-refractivity contribution in [2.24, 2.45) is 17.8 Å². The molecule has 0 spiro atoms. The van der Waals surface area contributed by atoms with Gasteiger partial charge in [0, 0.05) is 6.07 Å². The third-order valence-corrected chi connectivity index (χ3v) is 7.24. The van der Waals surface area contributed by atoms with Gasteiger partial charge in [-0.2, -0.15) is 5.10 Å². The van der Waals surface area contributed by atoms with Crippen molar-refractivity contribution in [1.29, 1.82) is 0 Å². The van der Waals surface area contributed by atoms with E-state index < -0.39 is 15.8 Å². The molecule has 4 aliphatic carbocycles. The standard InChI is InChI=1S/C21H23N5O6/c1-32-18-7-15(25(28)29)2-3-16(18)22-20(27)19-17(26(30)31)11-24(23-19)21-8-12-4-13(9-21)6-14(5-12)10-21/h2-3,7,11-14H,4-6,8-10H2,1H3,(H,22,27). The van der Waals surface area contributed by atoms with Crippen LogP contribution in [0.3, 0.4) is 0 Å². The predicted octanol–water partition coefficient (Wildman–Crippen LogP) is 3.89. The van der Waals surface area contributed by atoms with Gasteiger partial charge in [-0.3, -0.25) is 29.7 Å². The van der Waals surface area contributed by atoms with Crippen LogP contribution in [0.1, 0.15) is 49.0 Å². The smallest absolute Gasteiger partial charge is 0.320 e. The van der Waals surface area contributed by atoms with Crippen LogP contribution in [-0.2, 0) is 5.54 Å². The molecule has 168 valence electrons. The van der Waals surface area contributed by atoms with Crippen molar-refractivity contribution >= 4 is 23.0 Å². The highest BCUT2D eigenvalue weighted by molar-refractivity contribution is 6.06. The van der Waals surface area contributed by atoms with E-state index in [0.29, 0.717) is 17.8 Å². The highest BCUT2D eigenvalue weighted by atomic mass is 16.6. The number of nitrogens with zero attached hydrogens (tertiary/aromatic N) is 4. The zero-order valence-corrected chi connectivity index (χ0v) is 17.5. The Morgan fingerprint density at radius 2 is 1.75 bits per heavy atom. The number of nitro groups is 2. The lowest BCUT2D eigenvalue weighted by Crippen LogP contribution is -2.52. The minimum Gasteiger partial charge on any atom is -0.494 e. The van der Waals surface area contributed by atoms with Crippen LogP contribution in [0.5, 0.6) is 5.75 Å². The molecule has 1 heterocycles. The van der Waals surface area contributed by atoms with Gasteiger partial charge in [-0.25, -0.2) is 0 Å². The quantitative estimate of drug-likeness (QED) is 0.529. The number of ether oxygens (including phenoxy) is 1. The molecule has 0 radical (unpaired) electrons. The summed E-state index contributed by atoms with van der Waals surface area (Å²) in [6, 6.07) is 3.73.